The molecule has 1 aromatic carbocycles. The highest BCUT2D eigenvalue weighted by molar-refractivity contribution is 6.04. The Hall–Kier alpha value is -3.36. The summed E-state index contributed by atoms with van der Waals surface area (Å²) in [6.45, 7) is 0.293. The van der Waals surface area contributed by atoms with Gasteiger partial charge < -0.3 is 15.0 Å². The third-order valence-corrected chi connectivity index (χ3v) is 6.68. The van der Waals surface area contributed by atoms with Crippen LogP contribution < -0.4 is 5.32 Å². The average molecular weight is 443 g/mol. The molecule has 0 saturated heterocycles. The van der Waals surface area contributed by atoms with E-state index in [-0.39, 0.29) is 29.0 Å². The lowest BCUT2D eigenvalue weighted by atomic mass is 9.71. The number of aliphatic carboxylic acids is 1. The van der Waals surface area contributed by atoms with Gasteiger partial charge in [-0.15, -0.1) is 0 Å². The number of nitrogens with zero attached hydrogens (tertiary/aromatic N) is 2. The van der Waals surface area contributed by atoms with Crippen LogP contribution in [0.5, 0.6) is 0 Å². The van der Waals surface area contributed by atoms with Gasteiger partial charge >= 0.3 is 12.1 Å². The molecule has 1 unspecified atom stereocenters. The SMILES string of the molecule is O=C(NC1CC12CC(C(=O)O)C2)c1nccc2ccn(Cc3ccc(C(F)(F)F)cc3)c12. The van der Waals surface area contributed by atoms with E-state index in [2.05, 4.69) is 10.3 Å². The number of pyridine rings is 1. The van der Waals surface area contributed by atoms with Crippen LogP contribution in [0.25, 0.3) is 10.9 Å². The van der Waals surface area contributed by atoms with Crippen LogP contribution in [0, 0.1) is 11.3 Å². The lowest BCUT2D eigenvalue weighted by molar-refractivity contribution is -0.147. The third-order valence-electron chi connectivity index (χ3n) is 6.68. The number of halogens is 3. The van der Waals surface area contributed by atoms with E-state index < -0.39 is 17.7 Å². The maximum absolute atomic E-state index is 13.0. The first-order chi connectivity index (χ1) is 15.2. The molecule has 2 aliphatic rings. The molecule has 166 valence electrons. The number of hydrogen-bond donors (Lipinski definition) is 2. The highest BCUT2D eigenvalue weighted by Crippen LogP contribution is 2.63. The fourth-order valence-electron chi connectivity index (χ4n) is 4.77. The van der Waals surface area contributed by atoms with E-state index in [0.717, 1.165) is 23.9 Å². The van der Waals surface area contributed by atoms with Crippen LogP contribution in [0.3, 0.4) is 0 Å². The summed E-state index contributed by atoms with van der Waals surface area (Å²) in [5.41, 5.74) is 0.711. The summed E-state index contributed by atoms with van der Waals surface area (Å²) in [5.74, 6) is -1.46. The highest BCUT2D eigenvalue weighted by Gasteiger charge is 2.63. The van der Waals surface area contributed by atoms with Crippen LogP contribution in [0.4, 0.5) is 13.2 Å². The van der Waals surface area contributed by atoms with Crippen LogP contribution in [-0.4, -0.2) is 32.6 Å². The van der Waals surface area contributed by atoms with Crippen LogP contribution in [0.1, 0.15) is 40.9 Å². The molecule has 5 rings (SSSR count). The minimum Gasteiger partial charge on any atom is -0.481 e. The molecular weight excluding hydrogens is 423 g/mol. The van der Waals surface area contributed by atoms with E-state index in [0.29, 0.717) is 30.5 Å². The molecular formula is C23H20F3N3O3. The fourth-order valence-corrected chi connectivity index (χ4v) is 4.77. The molecule has 2 saturated carbocycles. The largest absolute Gasteiger partial charge is 0.481 e. The molecule has 0 aliphatic heterocycles. The van der Waals surface area contributed by atoms with Gasteiger partial charge in [0.2, 0.25) is 0 Å². The number of aromatic nitrogens is 2. The van der Waals surface area contributed by atoms with Crippen LogP contribution in [0.2, 0.25) is 0 Å². The second kappa shape index (κ2) is 7.08. The zero-order valence-electron chi connectivity index (χ0n) is 16.9. The minimum absolute atomic E-state index is 0.0546. The molecule has 0 bridgehead atoms. The van der Waals surface area contributed by atoms with Crippen molar-refractivity contribution in [1.82, 2.24) is 14.9 Å². The fraction of sp³-hybridized carbons (Fsp3) is 0.348. The van der Waals surface area contributed by atoms with Crippen molar-refractivity contribution in [2.45, 2.75) is 38.0 Å². The topological polar surface area (TPSA) is 84.2 Å². The second-order valence-corrected chi connectivity index (χ2v) is 8.77. The normalized spacial score (nSPS) is 24.3. The molecule has 2 aliphatic carbocycles. The monoisotopic (exact) mass is 443 g/mol. The second-order valence-electron chi connectivity index (χ2n) is 8.77. The Morgan fingerprint density at radius 1 is 1.12 bits per heavy atom. The number of carboxylic acids is 1. The van der Waals surface area contributed by atoms with Gasteiger partial charge in [-0.05, 0) is 54.5 Å². The Kier molecular flexibility index (Phi) is 4.54. The van der Waals surface area contributed by atoms with Gasteiger partial charge in [0.05, 0.1) is 17.0 Å². The van der Waals surface area contributed by atoms with Crippen LogP contribution in [0.15, 0.2) is 48.8 Å². The summed E-state index contributed by atoms with van der Waals surface area (Å²) in [5, 5.41) is 12.9. The zero-order chi connectivity index (χ0) is 22.7. The predicted molar refractivity (Wildman–Crippen MR) is 109 cm³/mol. The van der Waals surface area contributed by atoms with Crippen molar-refractivity contribution < 1.29 is 27.9 Å². The van der Waals surface area contributed by atoms with Crippen molar-refractivity contribution >= 4 is 22.8 Å². The Morgan fingerprint density at radius 3 is 2.50 bits per heavy atom. The summed E-state index contributed by atoms with van der Waals surface area (Å²) in [4.78, 5) is 28.3. The third kappa shape index (κ3) is 3.51. The lowest BCUT2D eigenvalue weighted by Gasteiger charge is -2.33. The van der Waals surface area contributed by atoms with Gasteiger partial charge in [0.1, 0.15) is 0 Å². The molecule has 9 heteroatoms. The summed E-state index contributed by atoms with van der Waals surface area (Å²) in [6, 6.07) is 8.49. The molecule has 2 N–H and O–H groups in total. The first-order valence-corrected chi connectivity index (χ1v) is 10.3. The summed E-state index contributed by atoms with van der Waals surface area (Å²) in [6.07, 6.45) is 0.864. The van der Waals surface area contributed by atoms with Crippen molar-refractivity contribution in [1.29, 1.82) is 0 Å². The quantitative estimate of drug-likeness (QED) is 0.622. The lowest BCUT2D eigenvalue weighted by Crippen LogP contribution is -2.39. The van der Waals surface area contributed by atoms with Crippen molar-refractivity contribution in [3.05, 3.63) is 65.6 Å². The van der Waals surface area contributed by atoms with Gasteiger partial charge in [0.25, 0.3) is 5.91 Å². The van der Waals surface area contributed by atoms with Gasteiger partial charge in [-0.3, -0.25) is 9.59 Å². The smallest absolute Gasteiger partial charge is 0.416 e. The molecule has 3 aromatic rings. The number of benzene rings is 1. The number of carbonyl (C=O) groups excluding carboxylic acids is 1. The number of carbonyl (C=O) groups is 2. The van der Waals surface area contributed by atoms with E-state index in [4.69, 9.17) is 5.11 Å². The summed E-state index contributed by atoms with van der Waals surface area (Å²) in [7, 11) is 0. The maximum atomic E-state index is 13.0. The van der Waals surface area contributed by atoms with Crippen molar-refractivity contribution in [2.24, 2.45) is 11.3 Å². The van der Waals surface area contributed by atoms with E-state index in [1.807, 2.05) is 6.07 Å². The highest BCUT2D eigenvalue weighted by atomic mass is 19.4. The molecule has 1 spiro atoms. The molecule has 1 atom stereocenters. The standard InChI is InChI=1S/C23H20F3N3O3/c24-23(25,26)16-3-1-13(2-4-16)12-29-8-6-14-5-7-27-18(19(14)29)20(30)28-17-11-22(17)9-15(10-22)21(31)32/h1-8,15,17H,9-12H2,(H,28,30)(H,31,32). The average Bonchev–Trinajstić information content (AvgIpc) is 3.29. The predicted octanol–water partition coefficient (Wildman–Crippen LogP) is 4.09. The van der Waals surface area contributed by atoms with Gasteiger partial charge in [0.15, 0.2) is 5.69 Å². The van der Waals surface area contributed by atoms with Crippen molar-refractivity contribution in [2.75, 3.05) is 0 Å². The number of nitrogens with one attached hydrogen (secondary N) is 1. The van der Waals surface area contributed by atoms with Crippen LogP contribution in [-0.2, 0) is 17.5 Å². The number of hydrogen-bond acceptors (Lipinski definition) is 3. The van der Waals surface area contributed by atoms with E-state index >= 15 is 0 Å². The first kappa shape index (κ1) is 20.5. The molecule has 0 radical (unpaired) electrons. The molecule has 32 heavy (non-hydrogen) atoms. The Labute approximate surface area is 181 Å². The number of amides is 1. The Bertz CT molecular complexity index is 1210. The van der Waals surface area contributed by atoms with Crippen molar-refractivity contribution in [3.8, 4) is 0 Å². The van der Waals surface area contributed by atoms with E-state index in [1.165, 1.54) is 12.1 Å². The maximum Gasteiger partial charge on any atom is 0.416 e. The number of fused-ring (bicyclic) bond motifs is 1. The van der Waals surface area contributed by atoms with E-state index in [1.54, 1.807) is 23.0 Å². The van der Waals surface area contributed by atoms with Gasteiger partial charge in [-0.2, -0.15) is 13.2 Å². The van der Waals surface area contributed by atoms with E-state index in [9.17, 15) is 22.8 Å². The summed E-state index contributed by atoms with van der Waals surface area (Å²) >= 11 is 0. The van der Waals surface area contributed by atoms with Gasteiger partial charge in [-0.1, -0.05) is 12.1 Å². The summed E-state index contributed by atoms with van der Waals surface area (Å²) < 4.78 is 40.2. The molecule has 6 nitrogen and oxygen atoms in total. The molecule has 1 amide bonds. The molecule has 2 aromatic heterocycles. The van der Waals surface area contributed by atoms with Crippen LogP contribution >= 0.6 is 0 Å². The number of rotatable bonds is 5. The molecule has 2 fully saturated rings. The Morgan fingerprint density at radius 2 is 1.84 bits per heavy atom. The number of alkyl halides is 3. The number of carboxylic acid groups (broad SMARTS) is 1. The molecule has 2 heterocycles. The zero-order valence-corrected chi connectivity index (χ0v) is 16.9. The van der Waals surface area contributed by atoms with Gasteiger partial charge in [0, 0.05) is 30.4 Å². The Balaban J connectivity index is 1.34. The minimum atomic E-state index is -4.39. The van der Waals surface area contributed by atoms with Crippen molar-refractivity contribution in [3.63, 3.8) is 0 Å². The first-order valence-electron chi connectivity index (χ1n) is 10.3. The van der Waals surface area contributed by atoms with Gasteiger partial charge in [-0.25, -0.2) is 4.98 Å².